The zero-order valence-corrected chi connectivity index (χ0v) is 18.6. The van der Waals surface area contributed by atoms with Crippen molar-refractivity contribution in [2.45, 2.75) is 25.9 Å². The van der Waals surface area contributed by atoms with Crippen molar-refractivity contribution in [3.8, 4) is 11.9 Å². The number of aromatic nitrogens is 4. The number of alkyl halides is 3. The second-order valence-electron chi connectivity index (χ2n) is 8.21. The van der Waals surface area contributed by atoms with Gasteiger partial charge in [-0.3, -0.25) is 4.79 Å². The number of nitrogens with zero attached hydrogens (tertiary/aromatic N) is 7. The fourth-order valence-electron chi connectivity index (χ4n) is 3.91. The summed E-state index contributed by atoms with van der Waals surface area (Å²) in [6, 6.07) is 7.65. The SMILES string of the molecule is CC(C)c1c(C(=O)N2CCN(c3cc(C#N)ccn3)CC2)cnn1-c1ccc(C(F)(F)F)cn1. The number of piperazine rings is 1. The van der Waals surface area contributed by atoms with Gasteiger partial charge in [0.1, 0.15) is 5.82 Å². The highest BCUT2D eigenvalue weighted by Gasteiger charge is 2.32. The number of halogens is 3. The molecule has 1 amide bonds. The van der Waals surface area contributed by atoms with Crippen LogP contribution in [-0.2, 0) is 6.18 Å². The van der Waals surface area contributed by atoms with Gasteiger partial charge in [-0.05, 0) is 30.2 Å². The van der Waals surface area contributed by atoms with Crippen molar-refractivity contribution < 1.29 is 18.0 Å². The first-order chi connectivity index (χ1) is 16.2. The summed E-state index contributed by atoms with van der Waals surface area (Å²) in [5.41, 5.74) is 0.658. The minimum Gasteiger partial charge on any atom is -0.353 e. The smallest absolute Gasteiger partial charge is 0.353 e. The number of amides is 1. The van der Waals surface area contributed by atoms with Crippen molar-refractivity contribution >= 4 is 11.7 Å². The van der Waals surface area contributed by atoms with Crippen LogP contribution in [-0.4, -0.2) is 56.7 Å². The third-order valence-electron chi connectivity index (χ3n) is 5.64. The summed E-state index contributed by atoms with van der Waals surface area (Å²) in [7, 11) is 0. The van der Waals surface area contributed by atoms with E-state index in [1.165, 1.54) is 16.9 Å². The van der Waals surface area contributed by atoms with E-state index in [1.807, 2.05) is 18.7 Å². The molecule has 4 heterocycles. The van der Waals surface area contributed by atoms with Gasteiger partial charge in [0.25, 0.3) is 5.91 Å². The average Bonchev–Trinajstić information content (AvgIpc) is 3.29. The fourth-order valence-corrected chi connectivity index (χ4v) is 3.91. The highest BCUT2D eigenvalue weighted by atomic mass is 19.4. The van der Waals surface area contributed by atoms with Gasteiger partial charge in [0, 0.05) is 38.6 Å². The molecule has 0 bridgehead atoms. The third-order valence-corrected chi connectivity index (χ3v) is 5.64. The Hall–Kier alpha value is -3.94. The molecule has 1 aliphatic rings. The summed E-state index contributed by atoms with van der Waals surface area (Å²) < 4.78 is 40.1. The van der Waals surface area contributed by atoms with E-state index in [2.05, 4.69) is 21.1 Å². The predicted octanol–water partition coefficient (Wildman–Crippen LogP) is 3.64. The van der Waals surface area contributed by atoms with Crippen molar-refractivity contribution in [2.75, 3.05) is 31.1 Å². The Bertz CT molecular complexity index is 1220. The van der Waals surface area contributed by atoms with Gasteiger partial charge in [-0.25, -0.2) is 14.6 Å². The summed E-state index contributed by atoms with van der Waals surface area (Å²) in [5.74, 6) is 0.587. The van der Waals surface area contributed by atoms with Crippen LogP contribution >= 0.6 is 0 Å². The van der Waals surface area contributed by atoms with Crippen molar-refractivity contribution in [3.63, 3.8) is 0 Å². The van der Waals surface area contributed by atoms with Crippen LogP contribution in [0.2, 0.25) is 0 Å². The van der Waals surface area contributed by atoms with Gasteiger partial charge < -0.3 is 9.80 Å². The minimum atomic E-state index is -4.48. The number of hydrogen-bond acceptors (Lipinski definition) is 6. The maximum Gasteiger partial charge on any atom is 0.417 e. The van der Waals surface area contributed by atoms with E-state index in [1.54, 1.807) is 23.2 Å². The van der Waals surface area contributed by atoms with Gasteiger partial charge in [-0.15, -0.1) is 0 Å². The topological polar surface area (TPSA) is 90.9 Å². The van der Waals surface area contributed by atoms with Crippen LogP contribution in [0.25, 0.3) is 5.82 Å². The average molecular weight is 469 g/mol. The Morgan fingerprint density at radius 1 is 1.06 bits per heavy atom. The molecule has 34 heavy (non-hydrogen) atoms. The van der Waals surface area contributed by atoms with Gasteiger partial charge in [0.15, 0.2) is 5.82 Å². The highest BCUT2D eigenvalue weighted by molar-refractivity contribution is 5.95. The van der Waals surface area contributed by atoms with Crippen LogP contribution in [0, 0.1) is 11.3 Å². The van der Waals surface area contributed by atoms with Crippen molar-refractivity contribution in [1.29, 1.82) is 5.26 Å². The van der Waals surface area contributed by atoms with E-state index in [9.17, 15) is 18.0 Å². The van der Waals surface area contributed by atoms with Crippen LogP contribution < -0.4 is 4.90 Å². The Kier molecular flexibility index (Phi) is 6.24. The number of carbonyl (C=O) groups excluding carboxylic acids is 1. The summed E-state index contributed by atoms with van der Waals surface area (Å²) in [5, 5.41) is 13.4. The lowest BCUT2D eigenvalue weighted by atomic mass is 10.0. The minimum absolute atomic E-state index is 0.121. The van der Waals surface area contributed by atoms with E-state index in [0.29, 0.717) is 48.8 Å². The molecule has 0 N–H and O–H groups in total. The first kappa shape index (κ1) is 23.2. The van der Waals surface area contributed by atoms with E-state index in [-0.39, 0.29) is 17.6 Å². The largest absolute Gasteiger partial charge is 0.417 e. The van der Waals surface area contributed by atoms with E-state index in [4.69, 9.17) is 5.26 Å². The van der Waals surface area contributed by atoms with Gasteiger partial charge >= 0.3 is 6.18 Å². The summed E-state index contributed by atoms with van der Waals surface area (Å²) in [6.45, 7) is 5.80. The zero-order chi connectivity index (χ0) is 24.5. The molecular weight excluding hydrogens is 447 g/mol. The van der Waals surface area contributed by atoms with Crippen LogP contribution in [0.5, 0.6) is 0 Å². The normalized spacial score (nSPS) is 14.4. The van der Waals surface area contributed by atoms with Crippen LogP contribution in [0.4, 0.5) is 19.0 Å². The second-order valence-corrected chi connectivity index (χ2v) is 8.21. The van der Waals surface area contributed by atoms with Gasteiger partial charge in [0.2, 0.25) is 0 Å². The van der Waals surface area contributed by atoms with Crippen molar-refractivity contribution in [1.82, 2.24) is 24.6 Å². The molecular formula is C23H22F3N7O. The number of pyridine rings is 2. The fraction of sp³-hybridized carbons (Fsp3) is 0.348. The van der Waals surface area contributed by atoms with Gasteiger partial charge in [-0.1, -0.05) is 13.8 Å². The Morgan fingerprint density at radius 2 is 1.79 bits per heavy atom. The molecule has 0 saturated carbocycles. The molecule has 0 radical (unpaired) electrons. The third kappa shape index (κ3) is 4.57. The van der Waals surface area contributed by atoms with E-state index < -0.39 is 11.7 Å². The number of nitriles is 1. The maximum atomic E-state index is 13.3. The maximum absolute atomic E-state index is 13.3. The molecule has 1 saturated heterocycles. The quantitative estimate of drug-likeness (QED) is 0.580. The summed E-state index contributed by atoms with van der Waals surface area (Å²) in [6.07, 6.45) is -0.687. The first-order valence-electron chi connectivity index (χ1n) is 10.7. The lowest BCUT2D eigenvalue weighted by Gasteiger charge is -2.35. The zero-order valence-electron chi connectivity index (χ0n) is 18.6. The summed E-state index contributed by atoms with van der Waals surface area (Å²) in [4.78, 5) is 25.3. The highest BCUT2D eigenvalue weighted by Crippen LogP contribution is 2.30. The molecule has 3 aromatic heterocycles. The standard InChI is InChI=1S/C23H22F3N7O/c1-15(2)21-18(14-30-33(21)19-4-3-17(13-29-19)23(24,25)26)22(34)32-9-7-31(8-10-32)20-11-16(12-27)5-6-28-20/h3-6,11,13-15H,7-10H2,1-2H3. The Labute approximate surface area is 194 Å². The second kappa shape index (κ2) is 9.13. The molecule has 3 aromatic rings. The molecule has 0 unspecified atom stereocenters. The predicted molar refractivity (Wildman–Crippen MR) is 118 cm³/mol. The number of carbonyl (C=O) groups is 1. The molecule has 176 valence electrons. The lowest BCUT2D eigenvalue weighted by Crippen LogP contribution is -2.49. The molecule has 0 aliphatic carbocycles. The Balaban J connectivity index is 1.53. The molecule has 0 atom stereocenters. The monoisotopic (exact) mass is 469 g/mol. The Morgan fingerprint density at radius 3 is 2.38 bits per heavy atom. The van der Waals surface area contributed by atoms with Crippen LogP contribution in [0.3, 0.4) is 0 Å². The van der Waals surface area contributed by atoms with Crippen LogP contribution in [0.15, 0.2) is 42.9 Å². The van der Waals surface area contributed by atoms with Crippen molar-refractivity contribution in [2.24, 2.45) is 0 Å². The number of rotatable bonds is 4. The van der Waals surface area contributed by atoms with E-state index >= 15 is 0 Å². The van der Waals surface area contributed by atoms with Gasteiger partial charge in [-0.2, -0.15) is 23.5 Å². The van der Waals surface area contributed by atoms with Gasteiger partial charge in [0.05, 0.1) is 34.7 Å². The lowest BCUT2D eigenvalue weighted by molar-refractivity contribution is -0.137. The van der Waals surface area contributed by atoms with Crippen molar-refractivity contribution in [3.05, 3.63) is 65.2 Å². The molecule has 11 heteroatoms. The summed E-state index contributed by atoms with van der Waals surface area (Å²) >= 11 is 0. The molecule has 0 spiro atoms. The number of hydrogen-bond donors (Lipinski definition) is 0. The van der Waals surface area contributed by atoms with Crippen LogP contribution in [0.1, 0.15) is 46.9 Å². The molecule has 0 aromatic carbocycles. The molecule has 8 nitrogen and oxygen atoms in total. The molecule has 1 aliphatic heterocycles. The van der Waals surface area contributed by atoms with E-state index in [0.717, 1.165) is 12.3 Å². The first-order valence-corrected chi connectivity index (χ1v) is 10.7. The molecule has 4 rings (SSSR count). The molecule has 1 fully saturated rings. The number of anilines is 1.